The maximum absolute atomic E-state index is 12.5. The van der Waals surface area contributed by atoms with Gasteiger partial charge in [-0.25, -0.2) is 0 Å². The zero-order chi connectivity index (χ0) is 16.8. The summed E-state index contributed by atoms with van der Waals surface area (Å²) in [6, 6.07) is 8.70. The molecule has 2 rings (SSSR count). The first-order valence-corrected chi connectivity index (χ1v) is 7.99. The lowest BCUT2D eigenvalue weighted by atomic mass is 10.1. The molecule has 0 saturated carbocycles. The summed E-state index contributed by atoms with van der Waals surface area (Å²) in [5.74, 6) is 0.595. The highest BCUT2D eigenvalue weighted by molar-refractivity contribution is 5.88. The van der Waals surface area contributed by atoms with Gasteiger partial charge in [0.2, 0.25) is 5.91 Å². The van der Waals surface area contributed by atoms with Crippen LogP contribution >= 0.6 is 12.4 Å². The third-order valence-corrected chi connectivity index (χ3v) is 4.14. The fraction of sp³-hybridized carbons (Fsp3) is 0.529. The first-order valence-electron chi connectivity index (χ1n) is 7.99. The number of para-hydroxylation sites is 1. The molecule has 7 heteroatoms. The van der Waals surface area contributed by atoms with Gasteiger partial charge in [0.25, 0.3) is 5.91 Å². The van der Waals surface area contributed by atoms with E-state index in [0.717, 1.165) is 6.42 Å². The van der Waals surface area contributed by atoms with Crippen molar-refractivity contribution in [3.63, 3.8) is 0 Å². The minimum atomic E-state index is -0.569. The van der Waals surface area contributed by atoms with E-state index in [1.165, 1.54) is 0 Å². The molecule has 1 aliphatic rings. The zero-order valence-corrected chi connectivity index (χ0v) is 14.9. The van der Waals surface area contributed by atoms with Gasteiger partial charge < -0.3 is 20.7 Å². The largest absolute Gasteiger partial charge is 0.484 e. The summed E-state index contributed by atoms with van der Waals surface area (Å²) in [6.45, 7) is 4.85. The van der Waals surface area contributed by atoms with Crippen molar-refractivity contribution in [2.24, 2.45) is 11.7 Å². The molecule has 0 aromatic heterocycles. The third kappa shape index (κ3) is 5.39. The highest BCUT2D eigenvalue weighted by atomic mass is 35.5. The molecule has 0 bridgehead atoms. The molecule has 1 aromatic carbocycles. The molecule has 0 radical (unpaired) electrons. The van der Waals surface area contributed by atoms with Crippen molar-refractivity contribution in [2.45, 2.75) is 32.4 Å². The van der Waals surface area contributed by atoms with Crippen LogP contribution in [0, 0.1) is 5.92 Å². The van der Waals surface area contributed by atoms with Crippen LogP contribution in [0.15, 0.2) is 30.3 Å². The number of carbonyl (C=O) groups excluding carboxylic acids is 2. The van der Waals surface area contributed by atoms with Crippen molar-refractivity contribution in [3.8, 4) is 5.75 Å². The van der Waals surface area contributed by atoms with E-state index in [4.69, 9.17) is 10.5 Å². The van der Waals surface area contributed by atoms with Crippen LogP contribution in [0.4, 0.5) is 0 Å². The maximum Gasteiger partial charge on any atom is 0.258 e. The summed E-state index contributed by atoms with van der Waals surface area (Å²) in [5.41, 5.74) is 5.69. The second-order valence-corrected chi connectivity index (χ2v) is 6.07. The number of nitrogens with zero attached hydrogens (tertiary/aromatic N) is 1. The summed E-state index contributed by atoms with van der Waals surface area (Å²) in [6.07, 6.45) is 0.917. The van der Waals surface area contributed by atoms with Gasteiger partial charge in [0.15, 0.2) is 6.61 Å². The minimum absolute atomic E-state index is 0. The normalized spacial score (nSPS) is 20.9. The van der Waals surface area contributed by atoms with Gasteiger partial charge in [-0.2, -0.15) is 0 Å². The average Bonchev–Trinajstić information content (AvgIpc) is 2.94. The Hall–Kier alpha value is -1.79. The van der Waals surface area contributed by atoms with Crippen molar-refractivity contribution >= 4 is 24.2 Å². The quantitative estimate of drug-likeness (QED) is 0.802. The Labute approximate surface area is 149 Å². The number of hydrogen-bond donors (Lipinski definition) is 2. The molecule has 3 atom stereocenters. The predicted molar refractivity (Wildman–Crippen MR) is 95.1 cm³/mol. The van der Waals surface area contributed by atoms with E-state index in [9.17, 15) is 9.59 Å². The van der Waals surface area contributed by atoms with Crippen LogP contribution in [-0.2, 0) is 9.59 Å². The van der Waals surface area contributed by atoms with Gasteiger partial charge >= 0.3 is 0 Å². The number of nitrogens with two attached hydrogens (primary N) is 1. The summed E-state index contributed by atoms with van der Waals surface area (Å²) >= 11 is 0. The molecule has 1 fully saturated rings. The van der Waals surface area contributed by atoms with Crippen molar-refractivity contribution in [1.29, 1.82) is 0 Å². The van der Waals surface area contributed by atoms with Gasteiger partial charge in [0.1, 0.15) is 11.8 Å². The molecule has 3 unspecified atom stereocenters. The number of nitrogens with one attached hydrogen (secondary N) is 1. The number of ether oxygens (including phenoxy) is 1. The van der Waals surface area contributed by atoms with Crippen molar-refractivity contribution < 1.29 is 14.3 Å². The van der Waals surface area contributed by atoms with Crippen molar-refractivity contribution in [1.82, 2.24) is 10.2 Å². The number of halogens is 1. The van der Waals surface area contributed by atoms with Crippen LogP contribution < -0.4 is 15.8 Å². The Morgan fingerprint density at radius 2 is 2.04 bits per heavy atom. The molecule has 3 N–H and O–H groups in total. The first kappa shape index (κ1) is 20.3. The van der Waals surface area contributed by atoms with Crippen LogP contribution in [-0.4, -0.2) is 48.5 Å². The lowest BCUT2D eigenvalue weighted by molar-refractivity contribution is -0.137. The van der Waals surface area contributed by atoms with Gasteiger partial charge in [0.05, 0.1) is 0 Å². The summed E-state index contributed by atoms with van der Waals surface area (Å²) in [5, 5.41) is 2.69. The molecule has 1 aromatic rings. The van der Waals surface area contributed by atoms with Crippen LogP contribution in [0.3, 0.4) is 0 Å². The number of benzene rings is 1. The van der Waals surface area contributed by atoms with Gasteiger partial charge in [-0.3, -0.25) is 9.59 Å². The predicted octanol–water partition coefficient (Wildman–Crippen LogP) is 1.19. The topological polar surface area (TPSA) is 84.7 Å². The number of hydrogen-bond acceptors (Lipinski definition) is 4. The Morgan fingerprint density at radius 3 is 2.62 bits per heavy atom. The fourth-order valence-corrected chi connectivity index (χ4v) is 2.88. The zero-order valence-electron chi connectivity index (χ0n) is 14.1. The number of rotatable bonds is 6. The van der Waals surface area contributed by atoms with E-state index in [-0.39, 0.29) is 36.9 Å². The molecular weight excluding hydrogens is 330 g/mol. The van der Waals surface area contributed by atoms with E-state index >= 15 is 0 Å². The average molecular weight is 356 g/mol. The highest BCUT2D eigenvalue weighted by Crippen LogP contribution is 2.22. The van der Waals surface area contributed by atoms with E-state index in [2.05, 4.69) is 5.32 Å². The van der Waals surface area contributed by atoms with E-state index in [1.54, 1.807) is 24.0 Å². The van der Waals surface area contributed by atoms with E-state index < -0.39 is 6.04 Å². The maximum atomic E-state index is 12.5. The summed E-state index contributed by atoms with van der Waals surface area (Å²) in [4.78, 5) is 26.2. The number of amides is 2. The molecular formula is C17H26ClN3O3. The smallest absolute Gasteiger partial charge is 0.258 e. The summed E-state index contributed by atoms with van der Waals surface area (Å²) in [7, 11) is 0. The molecule has 1 heterocycles. The Morgan fingerprint density at radius 1 is 1.38 bits per heavy atom. The summed E-state index contributed by atoms with van der Waals surface area (Å²) < 4.78 is 5.38. The van der Waals surface area contributed by atoms with Crippen LogP contribution in [0.5, 0.6) is 5.75 Å². The minimum Gasteiger partial charge on any atom is -0.484 e. The molecule has 1 aliphatic heterocycles. The molecule has 134 valence electrons. The molecule has 24 heavy (non-hydrogen) atoms. The second kappa shape index (κ2) is 9.49. The molecule has 6 nitrogen and oxygen atoms in total. The van der Waals surface area contributed by atoms with Gasteiger partial charge in [-0.05, 0) is 44.9 Å². The Bertz CT molecular complexity index is 541. The van der Waals surface area contributed by atoms with Crippen molar-refractivity contribution in [2.75, 3.05) is 19.7 Å². The molecule has 2 amide bonds. The lowest BCUT2D eigenvalue weighted by Crippen LogP contribution is -2.49. The second-order valence-electron chi connectivity index (χ2n) is 6.07. The van der Waals surface area contributed by atoms with Gasteiger partial charge in [-0.15, -0.1) is 12.4 Å². The lowest BCUT2D eigenvalue weighted by Gasteiger charge is -2.25. The van der Waals surface area contributed by atoms with E-state index in [0.29, 0.717) is 24.8 Å². The Balaban J connectivity index is 0.00000288. The van der Waals surface area contributed by atoms with Crippen LogP contribution in [0.1, 0.15) is 20.3 Å². The molecule has 0 aliphatic carbocycles. The highest BCUT2D eigenvalue weighted by Gasteiger charge is 2.34. The monoisotopic (exact) mass is 355 g/mol. The molecule has 1 saturated heterocycles. The Kier molecular flexibility index (Phi) is 8.01. The standard InChI is InChI=1S/C17H25N3O3.ClH/c1-12-8-14(9-18)10-20(12)17(22)13(2)19-16(21)11-23-15-6-4-3-5-7-15;/h3-7,12-14H,8-11,18H2,1-2H3,(H,19,21);1H. The van der Waals surface area contributed by atoms with Crippen LogP contribution in [0.25, 0.3) is 0 Å². The molecule has 0 spiro atoms. The first-order chi connectivity index (χ1) is 11.0. The SMILES string of the molecule is CC(NC(=O)COc1ccccc1)C(=O)N1CC(CN)CC1C.Cl. The third-order valence-electron chi connectivity index (χ3n) is 4.14. The number of carbonyl (C=O) groups is 2. The fourth-order valence-electron chi connectivity index (χ4n) is 2.88. The van der Waals surface area contributed by atoms with Gasteiger partial charge in [0, 0.05) is 12.6 Å². The van der Waals surface area contributed by atoms with E-state index in [1.807, 2.05) is 25.1 Å². The number of likely N-dealkylation sites (tertiary alicyclic amines) is 1. The van der Waals surface area contributed by atoms with Crippen LogP contribution in [0.2, 0.25) is 0 Å². The van der Waals surface area contributed by atoms with Gasteiger partial charge in [-0.1, -0.05) is 18.2 Å². The van der Waals surface area contributed by atoms with Crippen molar-refractivity contribution in [3.05, 3.63) is 30.3 Å².